The van der Waals surface area contributed by atoms with E-state index in [0.29, 0.717) is 12.2 Å². The zero-order chi connectivity index (χ0) is 18.6. The summed E-state index contributed by atoms with van der Waals surface area (Å²) in [4.78, 5) is 26.2. The highest BCUT2D eigenvalue weighted by Gasteiger charge is 2.37. The fourth-order valence-corrected chi connectivity index (χ4v) is 5.15. The summed E-state index contributed by atoms with van der Waals surface area (Å²) in [6.07, 6.45) is 4.75. The number of hydrogen-bond acceptors (Lipinski definition) is 3. The van der Waals surface area contributed by atoms with Crippen LogP contribution in [0.3, 0.4) is 0 Å². The fraction of sp³-hybridized carbons (Fsp3) is 0.619. The number of likely N-dealkylation sites (tertiary alicyclic amines) is 1. The van der Waals surface area contributed by atoms with E-state index in [2.05, 4.69) is 37.4 Å². The van der Waals surface area contributed by atoms with E-state index >= 15 is 0 Å². The lowest BCUT2D eigenvalue weighted by Gasteiger charge is -2.41. The minimum absolute atomic E-state index is 0.183. The van der Waals surface area contributed by atoms with Crippen molar-refractivity contribution >= 4 is 23.6 Å². The lowest BCUT2D eigenvalue weighted by Crippen LogP contribution is -2.44. The molecule has 0 saturated carbocycles. The molecule has 0 atom stereocenters. The minimum Gasteiger partial charge on any atom is -0.356 e. The van der Waals surface area contributed by atoms with E-state index in [4.69, 9.17) is 0 Å². The first-order valence-electron chi connectivity index (χ1n) is 9.65. The Kier molecular flexibility index (Phi) is 6.28. The molecule has 5 heteroatoms. The second-order valence-corrected chi connectivity index (χ2v) is 8.96. The molecular weight excluding hydrogens is 344 g/mol. The lowest BCUT2D eigenvalue weighted by molar-refractivity contribution is -0.131. The third kappa shape index (κ3) is 5.03. The Bertz CT molecular complexity index is 646. The molecular formula is C21H30N2O2S. The Labute approximate surface area is 161 Å². The molecule has 1 aromatic carbocycles. The maximum Gasteiger partial charge on any atom is 0.232 e. The van der Waals surface area contributed by atoms with E-state index in [0.717, 1.165) is 51.1 Å². The van der Waals surface area contributed by atoms with E-state index in [1.165, 1.54) is 16.7 Å². The van der Waals surface area contributed by atoms with Gasteiger partial charge in [-0.25, -0.2) is 0 Å². The van der Waals surface area contributed by atoms with Crippen molar-refractivity contribution in [3.63, 3.8) is 0 Å². The Hall–Kier alpha value is -1.49. The number of aryl methyl sites for hydroxylation is 2. The molecule has 2 heterocycles. The Balaban J connectivity index is 1.44. The van der Waals surface area contributed by atoms with Gasteiger partial charge in [0.1, 0.15) is 0 Å². The highest BCUT2D eigenvalue weighted by molar-refractivity contribution is 7.99. The van der Waals surface area contributed by atoms with Crippen molar-refractivity contribution in [1.29, 1.82) is 0 Å². The van der Waals surface area contributed by atoms with Crippen LogP contribution in [-0.4, -0.2) is 42.1 Å². The van der Waals surface area contributed by atoms with Crippen molar-refractivity contribution in [2.75, 3.05) is 25.4 Å². The molecule has 0 aliphatic carbocycles. The molecule has 2 saturated heterocycles. The minimum atomic E-state index is 0.183. The van der Waals surface area contributed by atoms with Crippen molar-refractivity contribution in [2.24, 2.45) is 5.41 Å². The standard InChI is InChI=1S/C21H30N2O2S/c1-16-11-17(2)13-18(12-16)14-26-15-20(25)23-9-6-21(7-10-23)4-3-19(24)22-8-5-21/h11-13H,3-10,14-15H2,1-2H3,(H,22,24). The maximum atomic E-state index is 12.6. The molecule has 2 aliphatic heterocycles. The number of carbonyl (C=O) groups excluding carboxylic acids is 2. The average Bonchev–Trinajstić information content (AvgIpc) is 2.77. The molecule has 3 rings (SSSR count). The average molecular weight is 375 g/mol. The normalized spacial score (nSPS) is 19.9. The number of thioether (sulfide) groups is 1. The highest BCUT2D eigenvalue weighted by atomic mass is 32.2. The SMILES string of the molecule is Cc1cc(C)cc(CSCC(=O)N2CCC3(CCNC(=O)CC3)CC2)c1. The topological polar surface area (TPSA) is 49.4 Å². The first-order valence-corrected chi connectivity index (χ1v) is 10.8. The summed E-state index contributed by atoms with van der Waals surface area (Å²) in [7, 11) is 0. The molecule has 1 spiro atoms. The summed E-state index contributed by atoms with van der Waals surface area (Å²) >= 11 is 1.71. The lowest BCUT2D eigenvalue weighted by atomic mass is 9.73. The number of nitrogens with zero attached hydrogens (tertiary/aromatic N) is 1. The van der Waals surface area contributed by atoms with E-state index < -0.39 is 0 Å². The third-order valence-electron chi connectivity index (χ3n) is 5.81. The Morgan fingerprint density at radius 3 is 2.50 bits per heavy atom. The van der Waals surface area contributed by atoms with E-state index in [1.807, 2.05) is 4.90 Å². The van der Waals surface area contributed by atoms with Crippen LogP contribution in [0.4, 0.5) is 0 Å². The molecule has 2 aliphatic rings. The van der Waals surface area contributed by atoms with Crippen molar-refractivity contribution in [2.45, 2.75) is 51.7 Å². The Morgan fingerprint density at radius 2 is 1.81 bits per heavy atom. The molecule has 4 nitrogen and oxygen atoms in total. The molecule has 0 bridgehead atoms. The second kappa shape index (κ2) is 8.47. The molecule has 0 radical (unpaired) electrons. The summed E-state index contributed by atoms with van der Waals surface area (Å²) in [5.41, 5.74) is 4.13. The van der Waals surface area contributed by atoms with Gasteiger partial charge in [0, 0.05) is 31.8 Å². The van der Waals surface area contributed by atoms with Crippen molar-refractivity contribution < 1.29 is 9.59 Å². The number of piperidine rings is 1. The van der Waals surface area contributed by atoms with E-state index in [-0.39, 0.29) is 17.2 Å². The van der Waals surface area contributed by atoms with Gasteiger partial charge in [0.25, 0.3) is 0 Å². The number of amides is 2. The molecule has 2 amide bonds. The highest BCUT2D eigenvalue weighted by Crippen LogP contribution is 2.40. The van der Waals surface area contributed by atoms with Crippen LogP contribution in [0, 0.1) is 19.3 Å². The van der Waals surface area contributed by atoms with Gasteiger partial charge in [0.15, 0.2) is 0 Å². The van der Waals surface area contributed by atoms with Gasteiger partial charge >= 0.3 is 0 Å². The summed E-state index contributed by atoms with van der Waals surface area (Å²) in [5.74, 6) is 1.89. The van der Waals surface area contributed by atoms with Crippen LogP contribution in [0.15, 0.2) is 18.2 Å². The predicted molar refractivity (Wildman–Crippen MR) is 107 cm³/mol. The predicted octanol–water partition coefficient (Wildman–Crippen LogP) is 3.45. The summed E-state index contributed by atoms with van der Waals surface area (Å²) in [5, 5.41) is 2.98. The van der Waals surface area contributed by atoms with Crippen LogP contribution in [-0.2, 0) is 15.3 Å². The number of benzene rings is 1. The molecule has 142 valence electrons. The summed E-state index contributed by atoms with van der Waals surface area (Å²) < 4.78 is 0. The van der Waals surface area contributed by atoms with Crippen molar-refractivity contribution in [3.05, 3.63) is 34.9 Å². The van der Waals surface area contributed by atoms with Gasteiger partial charge in [0.2, 0.25) is 11.8 Å². The second-order valence-electron chi connectivity index (χ2n) is 7.97. The first-order chi connectivity index (χ1) is 12.5. The number of nitrogens with one attached hydrogen (secondary N) is 1. The summed E-state index contributed by atoms with van der Waals surface area (Å²) in [6, 6.07) is 6.59. The molecule has 26 heavy (non-hydrogen) atoms. The van der Waals surface area contributed by atoms with Crippen LogP contribution < -0.4 is 5.32 Å². The molecule has 1 N–H and O–H groups in total. The van der Waals surface area contributed by atoms with Crippen LogP contribution in [0.25, 0.3) is 0 Å². The monoisotopic (exact) mass is 374 g/mol. The van der Waals surface area contributed by atoms with Crippen LogP contribution >= 0.6 is 11.8 Å². The fourth-order valence-electron chi connectivity index (χ4n) is 4.29. The zero-order valence-electron chi connectivity index (χ0n) is 16.0. The molecule has 1 aromatic rings. The van der Waals surface area contributed by atoms with E-state index in [1.54, 1.807) is 11.8 Å². The maximum absolute atomic E-state index is 12.6. The largest absolute Gasteiger partial charge is 0.356 e. The van der Waals surface area contributed by atoms with E-state index in [9.17, 15) is 9.59 Å². The van der Waals surface area contributed by atoms with Crippen molar-refractivity contribution in [1.82, 2.24) is 10.2 Å². The molecule has 0 unspecified atom stereocenters. The Morgan fingerprint density at radius 1 is 1.12 bits per heavy atom. The molecule has 0 aromatic heterocycles. The number of carbonyl (C=O) groups is 2. The first kappa shape index (κ1) is 19.3. The van der Waals surface area contributed by atoms with Crippen LogP contribution in [0.1, 0.15) is 48.8 Å². The van der Waals surface area contributed by atoms with Gasteiger partial charge < -0.3 is 10.2 Å². The van der Waals surface area contributed by atoms with Gasteiger partial charge in [-0.15, -0.1) is 11.8 Å². The zero-order valence-corrected chi connectivity index (χ0v) is 16.8. The third-order valence-corrected chi connectivity index (χ3v) is 6.80. The molecule has 2 fully saturated rings. The van der Waals surface area contributed by atoms with Crippen LogP contribution in [0.5, 0.6) is 0 Å². The van der Waals surface area contributed by atoms with Gasteiger partial charge in [-0.1, -0.05) is 29.3 Å². The van der Waals surface area contributed by atoms with Gasteiger partial charge in [-0.2, -0.15) is 0 Å². The quantitative estimate of drug-likeness (QED) is 0.878. The van der Waals surface area contributed by atoms with Gasteiger partial charge in [0.05, 0.1) is 5.75 Å². The van der Waals surface area contributed by atoms with Gasteiger partial charge in [-0.05, 0) is 50.5 Å². The summed E-state index contributed by atoms with van der Waals surface area (Å²) in [6.45, 7) is 6.71. The van der Waals surface area contributed by atoms with Crippen LogP contribution in [0.2, 0.25) is 0 Å². The van der Waals surface area contributed by atoms with Gasteiger partial charge in [-0.3, -0.25) is 9.59 Å². The smallest absolute Gasteiger partial charge is 0.232 e. The van der Waals surface area contributed by atoms with Crippen molar-refractivity contribution in [3.8, 4) is 0 Å². The number of rotatable bonds is 4. The number of hydrogen-bond donors (Lipinski definition) is 1.